The molecule has 0 radical (unpaired) electrons. The topological polar surface area (TPSA) is 80.9 Å². The van der Waals surface area contributed by atoms with Crippen LogP contribution in [0.4, 0.5) is 10.8 Å². The number of halogens is 1. The Morgan fingerprint density at radius 2 is 2.05 bits per heavy atom. The van der Waals surface area contributed by atoms with Gasteiger partial charge < -0.3 is 11.1 Å². The Morgan fingerprint density at radius 1 is 1.27 bits per heavy atom. The van der Waals surface area contributed by atoms with E-state index in [2.05, 4.69) is 22.4 Å². The summed E-state index contributed by atoms with van der Waals surface area (Å²) in [7, 11) is 0. The largest absolute Gasteiger partial charge is 0.399 e. The van der Waals surface area contributed by atoms with Gasteiger partial charge in [0, 0.05) is 18.5 Å². The highest BCUT2D eigenvalue weighted by Crippen LogP contribution is 2.18. The van der Waals surface area contributed by atoms with Crippen molar-refractivity contribution < 1.29 is 4.79 Å². The van der Waals surface area contributed by atoms with Crippen LogP contribution in [0, 0.1) is 0 Å². The maximum absolute atomic E-state index is 11.9. The second-order valence-electron chi connectivity index (χ2n) is 4.85. The smallest absolute Gasteiger partial charge is 0.226 e. The highest BCUT2D eigenvalue weighted by Gasteiger charge is 2.09. The summed E-state index contributed by atoms with van der Waals surface area (Å²) >= 11 is 1.45. The Labute approximate surface area is 140 Å². The molecule has 0 fully saturated rings. The molecule has 7 heteroatoms. The zero-order valence-electron chi connectivity index (χ0n) is 12.5. The maximum atomic E-state index is 11.9. The summed E-state index contributed by atoms with van der Waals surface area (Å²) in [5, 5.41) is 12.4. The van der Waals surface area contributed by atoms with Crippen molar-refractivity contribution in [2.75, 3.05) is 11.1 Å². The number of nitrogens with one attached hydrogen (secondary N) is 1. The Balaban J connectivity index is 0.00000242. The number of rotatable bonds is 7. The fraction of sp³-hybridized carbons (Fsp3) is 0.400. The first-order valence-corrected chi connectivity index (χ1v) is 7.96. The van der Waals surface area contributed by atoms with Gasteiger partial charge in [-0.1, -0.05) is 42.9 Å². The molecule has 5 nitrogen and oxygen atoms in total. The lowest BCUT2D eigenvalue weighted by molar-refractivity contribution is -0.116. The number of para-hydroxylation sites is 1. The Bertz CT molecular complexity index is 603. The normalized spacial score (nSPS) is 10.0. The number of nitrogen functional groups attached to an aromatic ring is 1. The number of nitrogens with zero attached hydrogens (tertiary/aromatic N) is 2. The van der Waals surface area contributed by atoms with Crippen molar-refractivity contribution in [3.63, 3.8) is 0 Å². The van der Waals surface area contributed by atoms with Crippen LogP contribution in [-0.4, -0.2) is 16.1 Å². The summed E-state index contributed by atoms with van der Waals surface area (Å²) in [6.07, 6.45) is 4.15. The van der Waals surface area contributed by atoms with Gasteiger partial charge >= 0.3 is 0 Å². The minimum Gasteiger partial charge on any atom is -0.399 e. The molecule has 1 aromatic carbocycles. The summed E-state index contributed by atoms with van der Waals surface area (Å²) in [5.74, 6) is -0.0588. The van der Waals surface area contributed by atoms with Crippen molar-refractivity contribution in [2.24, 2.45) is 0 Å². The van der Waals surface area contributed by atoms with Crippen molar-refractivity contribution in [1.82, 2.24) is 10.2 Å². The van der Waals surface area contributed by atoms with Crippen LogP contribution in [0.3, 0.4) is 0 Å². The van der Waals surface area contributed by atoms with E-state index in [1.807, 2.05) is 24.3 Å². The number of amides is 1. The minimum absolute atomic E-state index is 0. The molecule has 1 amide bonds. The molecular formula is C15H21ClN4OS. The molecule has 0 spiro atoms. The molecule has 0 aliphatic rings. The standard InChI is InChI=1S/C15H20N4OS.ClH/c1-2-3-8-14-18-19-15(21-14)17-13(20)10-9-11-6-4-5-7-12(11)16;/h4-7H,2-3,8-10,16H2,1H3,(H,17,19,20);1H. The van der Waals surface area contributed by atoms with Crippen molar-refractivity contribution in [3.05, 3.63) is 34.8 Å². The number of hydrogen-bond donors (Lipinski definition) is 2. The number of hydrogen-bond acceptors (Lipinski definition) is 5. The van der Waals surface area contributed by atoms with Gasteiger partial charge in [-0.15, -0.1) is 22.6 Å². The highest BCUT2D eigenvalue weighted by atomic mass is 35.5. The van der Waals surface area contributed by atoms with Crippen LogP contribution in [0.25, 0.3) is 0 Å². The van der Waals surface area contributed by atoms with Crippen molar-refractivity contribution in [1.29, 1.82) is 0 Å². The number of aromatic nitrogens is 2. The maximum Gasteiger partial charge on any atom is 0.226 e. The van der Waals surface area contributed by atoms with Crippen LogP contribution < -0.4 is 11.1 Å². The van der Waals surface area contributed by atoms with Crippen molar-refractivity contribution in [3.8, 4) is 0 Å². The fourth-order valence-electron chi connectivity index (χ4n) is 1.92. The third-order valence-corrected chi connectivity index (χ3v) is 4.03. The SMILES string of the molecule is CCCCc1nnc(NC(=O)CCc2ccccc2N)s1.Cl. The summed E-state index contributed by atoms with van der Waals surface area (Å²) in [5.41, 5.74) is 7.58. The van der Waals surface area contributed by atoms with Crippen LogP contribution in [0.1, 0.15) is 36.8 Å². The second-order valence-corrected chi connectivity index (χ2v) is 5.91. The van der Waals surface area contributed by atoms with E-state index in [1.165, 1.54) is 11.3 Å². The average molecular weight is 341 g/mol. The van der Waals surface area contributed by atoms with E-state index in [0.29, 0.717) is 18.0 Å². The Morgan fingerprint density at radius 3 is 2.77 bits per heavy atom. The predicted molar refractivity (Wildman–Crippen MR) is 93.6 cm³/mol. The average Bonchev–Trinajstić information content (AvgIpc) is 2.91. The molecule has 0 unspecified atom stereocenters. The van der Waals surface area contributed by atoms with E-state index >= 15 is 0 Å². The molecule has 120 valence electrons. The predicted octanol–water partition coefficient (Wildman–Crippen LogP) is 3.46. The monoisotopic (exact) mass is 340 g/mol. The third-order valence-electron chi connectivity index (χ3n) is 3.13. The number of carbonyl (C=O) groups is 1. The van der Waals surface area contributed by atoms with Gasteiger partial charge in [0.1, 0.15) is 5.01 Å². The van der Waals surface area contributed by atoms with E-state index in [9.17, 15) is 4.79 Å². The van der Waals surface area contributed by atoms with Gasteiger partial charge in [0.05, 0.1) is 0 Å². The lowest BCUT2D eigenvalue weighted by atomic mass is 10.1. The zero-order chi connectivity index (χ0) is 15.1. The van der Waals surface area contributed by atoms with Gasteiger partial charge in [0.2, 0.25) is 11.0 Å². The van der Waals surface area contributed by atoms with Gasteiger partial charge in [0.15, 0.2) is 0 Å². The van der Waals surface area contributed by atoms with E-state index < -0.39 is 0 Å². The van der Waals surface area contributed by atoms with E-state index in [0.717, 1.165) is 35.5 Å². The summed E-state index contributed by atoms with van der Waals surface area (Å²) in [4.78, 5) is 11.9. The first kappa shape index (κ1) is 18.4. The number of unbranched alkanes of at least 4 members (excludes halogenated alkanes) is 1. The number of aryl methyl sites for hydroxylation is 2. The van der Waals surface area contributed by atoms with Crippen molar-refractivity contribution >= 4 is 40.5 Å². The molecule has 2 rings (SSSR count). The Kier molecular flexibility index (Phi) is 7.84. The summed E-state index contributed by atoms with van der Waals surface area (Å²) in [6.45, 7) is 2.14. The molecule has 0 atom stereocenters. The van der Waals surface area contributed by atoms with Gasteiger partial charge in [0.25, 0.3) is 0 Å². The van der Waals surface area contributed by atoms with E-state index in [4.69, 9.17) is 5.73 Å². The van der Waals surface area contributed by atoms with Crippen LogP contribution in [0.15, 0.2) is 24.3 Å². The quantitative estimate of drug-likeness (QED) is 0.756. The molecule has 2 aromatic rings. The molecule has 0 aliphatic heterocycles. The van der Waals surface area contributed by atoms with Gasteiger partial charge in [-0.25, -0.2) is 0 Å². The summed E-state index contributed by atoms with van der Waals surface area (Å²) in [6, 6.07) is 7.60. The molecular weight excluding hydrogens is 320 g/mol. The van der Waals surface area contributed by atoms with Crippen LogP contribution >= 0.6 is 23.7 Å². The highest BCUT2D eigenvalue weighted by molar-refractivity contribution is 7.15. The van der Waals surface area contributed by atoms with Gasteiger partial charge in [-0.05, 0) is 24.5 Å². The van der Waals surface area contributed by atoms with E-state index in [1.54, 1.807) is 0 Å². The van der Waals surface area contributed by atoms with Crippen LogP contribution in [0.2, 0.25) is 0 Å². The molecule has 1 aromatic heterocycles. The van der Waals surface area contributed by atoms with Crippen LogP contribution in [0.5, 0.6) is 0 Å². The minimum atomic E-state index is -0.0588. The molecule has 0 saturated carbocycles. The number of benzene rings is 1. The van der Waals surface area contributed by atoms with Crippen molar-refractivity contribution in [2.45, 2.75) is 39.0 Å². The zero-order valence-corrected chi connectivity index (χ0v) is 14.2. The number of carbonyl (C=O) groups excluding carboxylic acids is 1. The molecule has 0 bridgehead atoms. The second kappa shape index (κ2) is 9.38. The molecule has 0 aliphatic carbocycles. The number of nitrogens with two attached hydrogens (primary N) is 1. The lowest BCUT2D eigenvalue weighted by Crippen LogP contribution is -2.12. The Hall–Kier alpha value is -1.66. The van der Waals surface area contributed by atoms with Gasteiger partial charge in [-0.3, -0.25) is 4.79 Å². The first-order valence-electron chi connectivity index (χ1n) is 7.14. The van der Waals surface area contributed by atoms with Crippen LogP contribution in [-0.2, 0) is 17.6 Å². The lowest BCUT2D eigenvalue weighted by Gasteiger charge is -2.04. The molecule has 3 N–H and O–H groups in total. The number of anilines is 2. The molecule has 22 heavy (non-hydrogen) atoms. The fourth-order valence-corrected chi connectivity index (χ4v) is 2.72. The third kappa shape index (κ3) is 5.61. The van der Waals surface area contributed by atoms with Gasteiger partial charge in [-0.2, -0.15) is 0 Å². The van der Waals surface area contributed by atoms with E-state index in [-0.39, 0.29) is 18.3 Å². The molecule has 0 saturated heterocycles. The summed E-state index contributed by atoms with van der Waals surface area (Å²) < 4.78 is 0. The first-order chi connectivity index (χ1) is 10.2. The molecule has 1 heterocycles.